The number of nitrogens with zero attached hydrogens (tertiary/aromatic N) is 2. The van der Waals surface area contributed by atoms with Crippen molar-refractivity contribution in [2.75, 3.05) is 26.4 Å². The van der Waals surface area contributed by atoms with E-state index in [2.05, 4.69) is 83.8 Å². The van der Waals surface area contributed by atoms with Crippen molar-refractivity contribution in [1.29, 1.82) is 0 Å². The lowest BCUT2D eigenvalue weighted by Crippen LogP contribution is -2.69. The number of benzene rings is 1. The molecule has 0 spiro atoms. The van der Waals surface area contributed by atoms with Gasteiger partial charge in [0.2, 0.25) is 0 Å². The van der Waals surface area contributed by atoms with Crippen LogP contribution < -0.4 is 0 Å². The van der Waals surface area contributed by atoms with Gasteiger partial charge >= 0.3 is 0 Å². The Morgan fingerprint density at radius 2 is 1.74 bits per heavy atom. The molecule has 4 aliphatic heterocycles. The molecule has 8 aliphatic rings. The fourth-order valence-electron chi connectivity index (χ4n) is 15.5. The third-order valence-corrected chi connectivity index (χ3v) is 18.4. The highest BCUT2D eigenvalue weighted by molar-refractivity contribution is 6.09. The Bertz CT molecular complexity index is 2110. The van der Waals surface area contributed by atoms with Crippen LogP contribution in [0.15, 0.2) is 58.4 Å². The van der Waals surface area contributed by atoms with Crippen molar-refractivity contribution in [2.24, 2.45) is 56.2 Å². The Morgan fingerprint density at radius 1 is 1.02 bits per heavy atom. The van der Waals surface area contributed by atoms with Crippen molar-refractivity contribution in [1.82, 2.24) is 4.90 Å². The van der Waals surface area contributed by atoms with Gasteiger partial charge in [0.05, 0.1) is 29.6 Å². The molecular weight excluding hydrogens is 777 g/mol. The normalized spacial score (nSPS) is 39.2. The Hall–Kier alpha value is -2.95. The number of aryl methyl sites for hydroxylation is 1. The van der Waals surface area contributed by atoms with Crippen LogP contribution in [0.4, 0.5) is 0 Å². The molecule has 0 radical (unpaired) electrons. The topological polar surface area (TPSA) is 132 Å². The molecule has 4 heterocycles. The minimum absolute atomic E-state index is 0.0534. The molecule has 2 saturated heterocycles. The standard InChI is InChI=1S/C53H74N2O7/c1-30-21-32(24-35(22-30)33-14-19-61-20-15-33)25-36-28-55(38-13-17-54-44(36)38)29-37-43-42(31(2)23-39(57)48-50(5,6)62-48)40(58)27-53(43,9)52(8)16-12-41-49(3,4)47(60)34(11-10-18-56)26-51(41,7)46(52)45(37)59/h13,17,21-22,24,28,31,33-34,37-39,41,45-46,48,56-57,59H,10-12,14-16,18-20,23,25-27,29H2,1-9H3. The first-order valence-electron chi connectivity index (χ1n) is 24.1. The number of aliphatic imine (C=N–C) groups is 1. The molecule has 12 unspecified atom stereocenters. The number of rotatable bonds is 12. The van der Waals surface area contributed by atoms with Gasteiger partial charge in [0.25, 0.3) is 0 Å². The van der Waals surface area contributed by atoms with Crippen molar-refractivity contribution in [3.8, 4) is 0 Å². The van der Waals surface area contributed by atoms with Crippen LogP contribution in [0.25, 0.3) is 0 Å². The van der Waals surface area contributed by atoms with Crippen LogP contribution in [0.5, 0.6) is 0 Å². The average molecular weight is 851 g/mol. The molecule has 0 aromatic heterocycles. The van der Waals surface area contributed by atoms with E-state index in [0.29, 0.717) is 50.4 Å². The maximum atomic E-state index is 14.9. The Labute approximate surface area is 370 Å². The monoisotopic (exact) mass is 851 g/mol. The summed E-state index contributed by atoms with van der Waals surface area (Å²) in [5, 5.41) is 34.9. The number of aliphatic hydroxyl groups is 3. The summed E-state index contributed by atoms with van der Waals surface area (Å²) in [6, 6.07) is 6.96. The van der Waals surface area contributed by atoms with E-state index in [4.69, 9.17) is 14.5 Å². The fraction of sp³-hybridized carbons (Fsp3) is 0.717. The number of allylic oxidation sites excluding steroid dienone is 1. The second-order valence-electron chi connectivity index (χ2n) is 23.0. The molecule has 0 bridgehead atoms. The molecule has 3 saturated carbocycles. The number of hydrogen-bond donors (Lipinski definition) is 3. The Kier molecular flexibility index (Phi) is 11.1. The minimum Gasteiger partial charge on any atom is -0.396 e. The zero-order valence-electron chi connectivity index (χ0n) is 39.0. The number of epoxide rings is 1. The summed E-state index contributed by atoms with van der Waals surface area (Å²) in [6.07, 6.45) is 11.9. The Morgan fingerprint density at radius 3 is 2.44 bits per heavy atom. The quantitative estimate of drug-likeness (QED) is 0.179. The van der Waals surface area contributed by atoms with Gasteiger partial charge in [-0.15, -0.1) is 0 Å². The molecular formula is C53H74N2O7. The lowest BCUT2D eigenvalue weighted by Gasteiger charge is -2.70. The lowest BCUT2D eigenvalue weighted by atomic mass is 9.34. The number of carbonyl (C=O) groups excluding carboxylic acids is 2. The van der Waals surface area contributed by atoms with E-state index in [1.807, 2.05) is 20.0 Å². The summed E-state index contributed by atoms with van der Waals surface area (Å²) < 4.78 is 11.6. The van der Waals surface area contributed by atoms with Crippen molar-refractivity contribution in [3.05, 3.63) is 70.1 Å². The first-order valence-corrected chi connectivity index (χ1v) is 24.1. The smallest absolute Gasteiger partial charge is 0.160 e. The largest absolute Gasteiger partial charge is 0.396 e. The summed E-state index contributed by atoms with van der Waals surface area (Å²) in [4.78, 5) is 36.5. The van der Waals surface area contributed by atoms with Crippen LogP contribution in [0.1, 0.15) is 136 Å². The van der Waals surface area contributed by atoms with E-state index in [0.717, 1.165) is 62.2 Å². The number of carbonyl (C=O) groups is 2. The van der Waals surface area contributed by atoms with Gasteiger partial charge < -0.3 is 29.7 Å². The molecule has 12 atom stereocenters. The van der Waals surface area contributed by atoms with Gasteiger partial charge in [-0.25, -0.2) is 0 Å². The maximum Gasteiger partial charge on any atom is 0.160 e. The third kappa shape index (κ3) is 6.91. The molecule has 9 nitrogen and oxygen atoms in total. The molecule has 3 N–H and O–H groups in total. The summed E-state index contributed by atoms with van der Waals surface area (Å²) in [5.41, 5.74) is 5.80. The van der Waals surface area contributed by atoms with Crippen LogP contribution in [0.2, 0.25) is 0 Å². The van der Waals surface area contributed by atoms with Gasteiger partial charge in [-0.1, -0.05) is 65.3 Å². The van der Waals surface area contributed by atoms with E-state index in [1.165, 1.54) is 22.3 Å². The van der Waals surface area contributed by atoms with Crippen molar-refractivity contribution in [2.45, 2.75) is 162 Å². The predicted molar refractivity (Wildman–Crippen MR) is 241 cm³/mol. The van der Waals surface area contributed by atoms with Gasteiger partial charge in [-0.3, -0.25) is 14.6 Å². The van der Waals surface area contributed by atoms with Crippen LogP contribution in [0, 0.1) is 58.2 Å². The number of ketones is 2. The Balaban J connectivity index is 1.12. The number of fused-ring (bicyclic) bond motifs is 6. The summed E-state index contributed by atoms with van der Waals surface area (Å²) in [7, 11) is 0. The van der Waals surface area contributed by atoms with Crippen molar-refractivity contribution in [3.63, 3.8) is 0 Å². The maximum absolute atomic E-state index is 14.9. The van der Waals surface area contributed by atoms with Gasteiger partial charge in [0, 0.05) is 74.3 Å². The van der Waals surface area contributed by atoms with Crippen molar-refractivity contribution >= 4 is 17.3 Å². The van der Waals surface area contributed by atoms with Crippen LogP contribution >= 0.6 is 0 Å². The summed E-state index contributed by atoms with van der Waals surface area (Å²) >= 11 is 0. The molecule has 9 heteroatoms. The second kappa shape index (κ2) is 15.6. The highest BCUT2D eigenvalue weighted by Crippen LogP contribution is 2.75. The first kappa shape index (κ1) is 44.3. The number of aliphatic hydroxyl groups excluding tert-OH is 3. The van der Waals surface area contributed by atoms with E-state index in [-0.39, 0.29) is 65.1 Å². The fourth-order valence-corrected chi connectivity index (χ4v) is 15.5. The van der Waals surface area contributed by atoms with E-state index in [1.54, 1.807) is 0 Å². The van der Waals surface area contributed by atoms with E-state index < -0.39 is 28.5 Å². The SMILES string of the molecule is Cc1cc(CC2=CN(CC3C4=C(C(C)CC(O)C5OC5(C)C)C(=O)CC4(C)C4(C)CCC5C(C)(C)C(=O)C(CCCO)CC5(C)C4C3O)C3C=CN=C23)cc(C2CCOCC2)c1. The molecule has 1 aromatic carbocycles. The summed E-state index contributed by atoms with van der Waals surface area (Å²) in [5.74, 6) is 0.0940. The molecule has 0 amide bonds. The number of hydrogen-bond acceptors (Lipinski definition) is 9. The van der Waals surface area contributed by atoms with Crippen molar-refractivity contribution < 1.29 is 34.4 Å². The highest BCUT2D eigenvalue weighted by atomic mass is 16.6. The van der Waals surface area contributed by atoms with Gasteiger partial charge in [0.1, 0.15) is 11.9 Å². The molecule has 338 valence electrons. The van der Waals surface area contributed by atoms with E-state index in [9.17, 15) is 24.9 Å². The molecule has 62 heavy (non-hydrogen) atoms. The predicted octanol–water partition coefficient (Wildman–Crippen LogP) is 8.23. The van der Waals surface area contributed by atoms with E-state index >= 15 is 0 Å². The van der Waals surface area contributed by atoms with Crippen LogP contribution in [-0.2, 0) is 25.5 Å². The zero-order chi connectivity index (χ0) is 44.3. The number of ether oxygens (including phenoxy) is 2. The number of Topliss-reactive ketones (excluding diaryl/α,β-unsaturated/α-hetero) is 2. The highest BCUT2D eigenvalue weighted by Gasteiger charge is 2.73. The van der Waals surface area contributed by atoms with Gasteiger partial charge in [0.15, 0.2) is 5.78 Å². The first-order chi connectivity index (χ1) is 29.2. The molecule has 9 rings (SSSR count). The van der Waals surface area contributed by atoms with Gasteiger partial charge in [-0.2, -0.15) is 0 Å². The summed E-state index contributed by atoms with van der Waals surface area (Å²) in [6.45, 7) is 21.8. The van der Waals surface area contributed by atoms with Crippen LogP contribution in [0.3, 0.4) is 0 Å². The zero-order valence-corrected chi connectivity index (χ0v) is 39.0. The molecule has 4 aliphatic carbocycles. The second-order valence-corrected chi connectivity index (χ2v) is 23.0. The molecule has 1 aromatic rings. The lowest BCUT2D eigenvalue weighted by molar-refractivity contribution is -0.225. The van der Waals surface area contributed by atoms with Gasteiger partial charge in [-0.05, 0) is 141 Å². The van der Waals surface area contributed by atoms with Crippen LogP contribution in [-0.4, -0.2) is 93.8 Å². The average Bonchev–Trinajstić information content (AvgIpc) is 3.48. The third-order valence-electron chi connectivity index (χ3n) is 18.4. The minimum atomic E-state index is -0.774. The molecule has 5 fully saturated rings.